The van der Waals surface area contributed by atoms with E-state index in [1.165, 1.54) is 6.33 Å². The van der Waals surface area contributed by atoms with Crippen molar-refractivity contribution >= 4 is 22.8 Å². The molecule has 0 bridgehead atoms. The topological polar surface area (TPSA) is 85.8 Å². The number of carbonyl (C=O) groups is 1. The minimum atomic E-state index is -0.0889. The molecule has 0 radical (unpaired) electrons. The van der Waals surface area contributed by atoms with E-state index in [1.807, 2.05) is 32.2 Å². The lowest BCUT2D eigenvalue weighted by Crippen LogP contribution is -2.31. The van der Waals surface area contributed by atoms with Crippen molar-refractivity contribution in [1.82, 2.24) is 19.9 Å². The molecule has 29 heavy (non-hydrogen) atoms. The summed E-state index contributed by atoms with van der Waals surface area (Å²) in [5.41, 5.74) is 9.06. The Morgan fingerprint density at radius 1 is 1.21 bits per heavy atom. The molecule has 1 amide bonds. The number of nitrogen functional groups attached to an aromatic ring is 1. The Kier molecular flexibility index (Phi) is 6.18. The summed E-state index contributed by atoms with van der Waals surface area (Å²) in [6.07, 6.45) is 5.31. The smallest absolute Gasteiger partial charge is 0.251 e. The zero-order valence-corrected chi connectivity index (χ0v) is 17.4. The fourth-order valence-electron chi connectivity index (χ4n) is 3.02. The van der Waals surface area contributed by atoms with E-state index in [4.69, 9.17) is 5.73 Å². The van der Waals surface area contributed by atoms with Crippen LogP contribution in [0.2, 0.25) is 0 Å². The highest BCUT2D eigenvalue weighted by atomic mass is 16.1. The number of hydrogen-bond acceptors (Lipinski definition) is 4. The number of anilines is 1. The van der Waals surface area contributed by atoms with Gasteiger partial charge in [-0.1, -0.05) is 31.8 Å². The molecule has 0 saturated carbocycles. The van der Waals surface area contributed by atoms with Gasteiger partial charge in [0.05, 0.1) is 10.9 Å². The number of carbonyl (C=O) groups excluding carboxylic acids is 1. The van der Waals surface area contributed by atoms with E-state index in [1.54, 1.807) is 12.1 Å². The van der Waals surface area contributed by atoms with Gasteiger partial charge in [0.2, 0.25) is 0 Å². The van der Waals surface area contributed by atoms with Crippen LogP contribution in [0.25, 0.3) is 11.0 Å². The summed E-state index contributed by atoms with van der Waals surface area (Å²) >= 11 is 0. The quantitative estimate of drug-likeness (QED) is 0.648. The van der Waals surface area contributed by atoms with E-state index in [0.29, 0.717) is 11.4 Å². The molecule has 0 fully saturated rings. The summed E-state index contributed by atoms with van der Waals surface area (Å²) < 4.78 is 2.09. The highest BCUT2D eigenvalue weighted by molar-refractivity contribution is 5.95. The lowest BCUT2D eigenvalue weighted by Gasteiger charge is -2.11. The summed E-state index contributed by atoms with van der Waals surface area (Å²) in [5, 5.41) is 3.75. The zero-order chi connectivity index (χ0) is 21.0. The van der Waals surface area contributed by atoms with Crippen molar-refractivity contribution in [3.8, 4) is 11.8 Å². The summed E-state index contributed by atoms with van der Waals surface area (Å²) in [7, 11) is 0. The first-order valence-corrected chi connectivity index (χ1v) is 9.98. The van der Waals surface area contributed by atoms with Crippen LogP contribution in [-0.4, -0.2) is 26.5 Å². The predicted octanol–water partition coefficient (Wildman–Crippen LogP) is 3.91. The van der Waals surface area contributed by atoms with Gasteiger partial charge in [-0.3, -0.25) is 4.79 Å². The third kappa shape index (κ3) is 4.40. The lowest BCUT2D eigenvalue weighted by molar-refractivity contribution is 0.0939. The van der Waals surface area contributed by atoms with E-state index in [9.17, 15) is 4.79 Å². The van der Waals surface area contributed by atoms with Crippen molar-refractivity contribution in [2.45, 2.75) is 52.6 Å². The van der Waals surface area contributed by atoms with Crippen molar-refractivity contribution in [3.05, 3.63) is 53.5 Å². The second kappa shape index (κ2) is 8.78. The molecular weight excluding hydrogens is 362 g/mol. The van der Waals surface area contributed by atoms with Gasteiger partial charge in [0.25, 0.3) is 5.91 Å². The van der Waals surface area contributed by atoms with Gasteiger partial charge in [-0.05, 0) is 44.9 Å². The maximum absolute atomic E-state index is 12.4. The Morgan fingerprint density at radius 2 is 2.00 bits per heavy atom. The number of rotatable bonds is 5. The molecular formula is C23H27N5O. The van der Waals surface area contributed by atoms with Gasteiger partial charge in [-0.2, -0.15) is 0 Å². The number of nitrogens with zero attached hydrogens (tertiary/aromatic N) is 3. The third-order valence-corrected chi connectivity index (χ3v) is 5.16. The van der Waals surface area contributed by atoms with E-state index in [-0.39, 0.29) is 18.0 Å². The molecule has 0 aliphatic rings. The molecule has 2 atom stereocenters. The molecule has 3 rings (SSSR count). The van der Waals surface area contributed by atoms with Crippen LogP contribution in [0.1, 0.15) is 68.1 Å². The van der Waals surface area contributed by atoms with Crippen LogP contribution in [0, 0.1) is 11.8 Å². The second-order valence-electron chi connectivity index (χ2n) is 7.28. The summed E-state index contributed by atoms with van der Waals surface area (Å²) in [6, 6.07) is 7.74. The van der Waals surface area contributed by atoms with E-state index < -0.39 is 0 Å². The Hall–Kier alpha value is -3.33. The van der Waals surface area contributed by atoms with Crippen molar-refractivity contribution in [2.24, 2.45) is 0 Å². The maximum atomic E-state index is 12.4. The molecule has 2 aromatic heterocycles. The summed E-state index contributed by atoms with van der Waals surface area (Å²) in [6.45, 7) is 8.29. The van der Waals surface area contributed by atoms with Gasteiger partial charge in [0.15, 0.2) is 0 Å². The SMILES string of the molecule is CCC(C)NC(=O)c1cccc(C#Cc2cn(C(C)CC)c3ncnc(N)c23)c1. The molecule has 2 unspecified atom stereocenters. The highest BCUT2D eigenvalue weighted by Gasteiger charge is 2.15. The van der Waals surface area contributed by atoms with Gasteiger partial charge in [0.1, 0.15) is 17.8 Å². The Bertz CT molecular complexity index is 1090. The molecule has 6 heteroatoms. The zero-order valence-electron chi connectivity index (χ0n) is 17.4. The lowest BCUT2D eigenvalue weighted by atomic mass is 10.1. The third-order valence-electron chi connectivity index (χ3n) is 5.16. The van der Waals surface area contributed by atoms with E-state index in [2.05, 4.69) is 45.5 Å². The standard InChI is InChI=1S/C23H27N5O/c1-5-15(3)27-23(29)18-9-7-8-17(12-18)10-11-19-13-28(16(4)6-2)22-20(19)21(24)25-14-26-22/h7-9,12-16H,5-6H2,1-4H3,(H,27,29)(H2,24,25,26). The summed E-state index contributed by atoms with van der Waals surface area (Å²) in [4.78, 5) is 20.9. The normalized spacial score (nSPS) is 12.8. The fourth-order valence-corrected chi connectivity index (χ4v) is 3.02. The molecule has 6 nitrogen and oxygen atoms in total. The van der Waals surface area contributed by atoms with Crippen LogP contribution in [0.3, 0.4) is 0 Å². The predicted molar refractivity (Wildman–Crippen MR) is 117 cm³/mol. The molecule has 0 aliphatic heterocycles. The maximum Gasteiger partial charge on any atom is 0.251 e. The number of nitrogens with two attached hydrogens (primary N) is 1. The Morgan fingerprint density at radius 3 is 2.72 bits per heavy atom. The monoisotopic (exact) mass is 389 g/mol. The van der Waals surface area contributed by atoms with Crippen molar-refractivity contribution < 1.29 is 4.79 Å². The van der Waals surface area contributed by atoms with Crippen LogP contribution in [0.15, 0.2) is 36.8 Å². The number of benzene rings is 1. The average Bonchev–Trinajstić information content (AvgIpc) is 3.11. The van der Waals surface area contributed by atoms with Crippen LogP contribution in [-0.2, 0) is 0 Å². The van der Waals surface area contributed by atoms with Gasteiger partial charge in [0, 0.05) is 29.4 Å². The van der Waals surface area contributed by atoms with Crippen LogP contribution in [0.5, 0.6) is 0 Å². The molecule has 0 saturated heterocycles. The van der Waals surface area contributed by atoms with Crippen molar-refractivity contribution in [1.29, 1.82) is 0 Å². The first-order valence-electron chi connectivity index (χ1n) is 9.98. The minimum absolute atomic E-state index is 0.0889. The molecule has 0 spiro atoms. The first-order chi connectivity index (χ1) is 13.9. The average molecular weight is 390 g/mol. The van der Waals surface area contributed by atoms with Crippen LogP contribution < -0.4 is 11.1 Å². The van der Waals surface area contributed by atoms with Gasteiger partial charge < -0.3 is 15.6 Å². The molecule has 0 aliphatic carbocycles. The van der Waals surface area contributed by atoms with Gasteiger partial charge >= 0.3 is 0 Å². The highest BCUT2D eigenvalue weighted by Crippen LogP contribution is 2.27. The number of aromatic nitrogens is 3. The van der Waals surface area contributed by atoms with Crippen molar-refractivity contribution in [3.63, 3.8) is 0 Å². The Labute approximate surface area is 171 Å². The van der Waals surface area contributed by atoms with E-state index >= 15 is 0 Å². The number of nitrogens with one attached hydrogen (secondary N) is 1. The Balaban J connectivity index is 1.97. The van der Waals surface area contributed by atoms with Crippen LogP contribution in [0.4, 0.5) is 5.82 Å². The van der Waals surface area contributed by atoms with E-state index in [0.717, 1.165) is 35.0 Å². The second-order valence-corrected chi connectivity index (χ2v) is 7.28. The van der Waals surface area contributed by atoms with Gasteiger partial charge in [-0.25, -0.2) is 9.97 Å². The molecule has 150 valence electrons. The molecule has 1 aromatic carbocycles. The molecule has 2 heterocycles. The number of amides is 1. The largest absolute Gasteiger partial charge is 0.383 e. The number of fused-ring (bicyclic) bond motifs is 1. The fraction of sp³-hybridized carbons (Fsp3) is 0.348. The first kappa shape index (κ1) is 20.4. The minimum Gasteiger partial charge on any atom is -0.383 e. The number of hydrogen-bond donors (Lipinski definition) is 2. The summed E-state index contributed by atoms with van der Waals surface area (Å²) in [5.74, 6) is 6.69. The van der Waals surface area contributed by atoms with Crippen LogP contribution >= 0.6 is 0 Å². The van der Waals surface area contributed by atoms with Gasteiger partial charge in [-0.15, -0.1) is 0 Å². The molecule has 3 N–H and O–H groups in total. The van der Waals surface area contributed by atoms with Crippen molar-refractivity contribution in [2.75, 3.05) is 5.73 Å². The molecule has 3 aromatic rings.